The second kappa shape index (κ2) is 6.01. The summed E-state index contributed by atoms with van der Waals surface area (Å²) in [6.07, 6.45) is 1.54. The quantitative estimate of drug-likeness (QED) is 0.727. The Kier molecular flexibility index (Phi) is 3.76. The predicted octanol–water partition coefficient (Wildman–Crippen LogP) is 1.31. The molecule has 0 saturated heterocycles. The van der Waals surface area contributed by atoms with Crippen molar-refractivity contribution < 1.29 is 9.52 Å². The summed E-state index contributed by atoms with van der Waals surface area (Å²) in [5.41, 5.74) is 0.250. The van der Waals surface area contributed by atoms with Crippen molar-refractivity contribution in [2.75, 3.05) is 0 Å². The van der Waals surface area contributed by atoms with Gasteiger partial charge in [-0.15, -0.1) is 0 Å². The molecule has 1 aliphatic rings. The van der Waals surface area contributed by atoms with Gasteiger partial charge >= 0.3 is 5.69 Å². The first-order chi connectivity index (χ1) is 12.9. The molecule has 1 unspecified atom stereocenters. The van der Waals surface area contributed by atoms with Gasteiger partial charge in [-0.1, -0.05) is 24.3 Å². The minimum atomic E-state index is -0.704. The Labute approximate surface area is 154 Å². The van der Waals surface area contributed by atoms with Crippen LogP contribution < -0.4 is 11.2 Å². The molecule has 3 aromatic rings. The summed E-state index contributed by atoms with van der Waals surface area (Å²) in [6, 6.07) is 10.1. The third-order valence-electron chi connectivity index (χ3n) is 4.96. The lowest BCUT2D eigenvalue weighted by Gasteiger charge is -2.27. The molecular formula is C19H18N4O4. The number of amidine groups is 1. The number of aromatic nitrogens is 2. The van der Waals surface area contributed by atoms with Crippen molar-refractivity contribution in [3.63, 3.8) is 0 Å². The highest BCUT2D eigenvalue weighted by Crippen LogP contribution is 2.40. The van der Waals surface area contributed by atoms with E-state index in [1.807, 2.05) is 18.2 Å². The van der Waals surface area contributed by atoms with Gasteiger partial charge in [-0.3, -0.25) is 19.3 Å². The van der Waals surface area contributed by atoms with Gasteiger partial charge in [0.15, 0.2) is 0 Å². The van der Waals surface area contributed by atoms with Crippen LogP contribution >= 0.6 is 0 Å². The van der Waals surface area contributed by atoms with E-state index in [4.69, 9.17) is 9.83 Å². The standard InChI is InChI=1S/C19H18N4O4/c1-21-17(24)14(18(25)22(2)19(21)26)15-12-7-3-4-8-13(12)16(20)23(15)10-11-6-5-9-27-11/h3-9,15,20,24H,10H2,1-2H3. The highest BCUT2D eigenvalue weighted by Gasteiger charge is 2.39. The van der Waals surface area contributed by atoms with E-state index in [2.05, 4.69) is 0 Å². The molecule has 1 atom stereocenters. The van der Waals surface area contributed by atoms with Gasteiger partial charge < -0.3 is 14.4 Å². The molecule has 0 radical (unpaired) electrons. The number of furan rings is 1. The maximum Gasteiger partial charge on any atom is 0.333 e. The fraction of sp³-hybridized carbons (Fsp3) is 0.211. The average molecular weight is 366 g/mol. The number of hydrogen-bond acceptors (Lipinski definition) is 5. The third kappa shape index (κ3) is 2.41. The number of rotatable bonds is 3. The summed E-state index contributed by atoms with van der Waals surface area (Å²) in [5.74, 6) is 0.447. The highest BCUT2D eigenvalue weighted by atomic mass is 16.3. The van der Waals surface area contributed by atoms with Crippen LogP contribution in [0.1, 0.15) is 28.5 Å². The molecule has 3 heterocycles. The molecule has 2 aromatic heterocycles. The fourth-order valence-corrected chi connectivity index (χ4v) is 3.55. The molecule has 138 valence electrons. The zero-order valence-corrected chi connectivity index (χ0v) is 14.8. The maximum atomic E-state index is 12.9. The molecule has 0 fully saturated rings. The van der Waals surface area contributed by atoms with Crippen molar-refractivity contribution in [3.8, 4) is 5.88 Å². The van der Waals surface area contributed by atoms with Crippen molar-refractivity contribution in [1.82, 2.24) is 14.0 Å². The van der Waals surface area contributed by atoms with Gasteiger partial charge in [-0.2, -0.15) is 0 Å². The zero-order valence-electron chi connectivity index (χ0n) is 14.8. The molecule has 4 rings (SSSR count). The first kappa shape index (κ1) is 16.9. The number of nitrogens with zero attached hydrogens (tertiary/aromatic N) is 3. The highest BCUT2D eigenvalue weighted by molar-refractivity contribution is 6.01. The van der Waals surface area contributed by atoms with E-state index in [9.17, 15) is 14.7 Å². The Hall–Kier alpha value is -3.55. The Morgan fingerprint density at radius 2 is 1.85 bits per heavy atom. The number of fused-ring (bicyclic) bond motifs is 1. The molecule has 8 nitrogen and oxygen atoms in total. The van der Waals surface area contributed by atoms with E-state index in [1.54, 1.807) is 29.4 Å². The van der Waals surface area contributed by atoms with E-state index >= 15 is 0 Å². The van der Waals surface area contributed by atoms with Crippen LogP contribution in [0.15, 0.2) is 56.7 Å². The minimum Gasteiger partial charge on any atom is -0.494 e. The summed E-state index contributed by atoms with van der Waals surface area (Å²) in [6.45, 7) is 0.247. The van der Waals surface area contributed by atoms with E-state index < -0.39 is 23.2 Å². The van der Waals surface area contributed by atoms with Crippen LogP contribution in [0.4, 0.5) is 0 Å². The zero-order chi connectivity index (χ0) is 19.3. The predicted molar refractivity (Wildman–Crippen MR) is 98.0 cm³/mol. The van der Waals surface area contributed by atoms with E-state index in [1.165, 1.54) is 14.1 Å². The second-order valence-electron chi connectivity index (χ2n) is 6.49. The van der Waals surface area contributed by atoms with Crippen LogP contribution in [0.2, 0.25) is 0 Å². The van der Waals surface area contributed by atoms with E-state index in [-0.39, 0.29) is 17.9 Å². The van der Waals surface area contributed by atoms with Crippen LogP contribution in [-0.4, -0.2) is 25.0 Å². The largest absolute Gasteiger partial charge is 0.494 e. The second-order valence-corrected chi connectivity index (χ2v) is 6.49. The SMILES string of the molecule is Cn1c(O)c(C2c3ccccc3C(=N)N2Cc2ccco2)c(=O)n(C)c1=O. The smallest absolute Gasteiger partial charge is 0.333 e. The molecule has 0 saturated carbocycles. The molecule has 0 amide bonds. The molecular weight excluding hydrogens is 348 g/mol. The van der Waals surface area contributed by atoms with Gasteiger partial charge in [0.05, 0.1) is 18.8 Å². The van der Waals surface area contributed by atoms with E-state index in [0.717, 1.165) is 14.7 Å². The summed E-state index contributed by atoms with van der Waals surface area (Å²) in [5, 5.41) is 19.2. The lowest BCUT2D eigenvalue weighted by atomic mass is 9.99. The summed E-state index contributed by atoms with van der Waals surface area (Å²) in [7, 11) is 2.78. The molecule has 2 N–H and O–H groups in total. The summed E-state index contributed by atoms with van der Waals surface area (Å²) >= 11 is 0. The molecule has 1 aromatic carbocycles. The van der Waals surface area contributed by atoms with Crippen molar-refractivity contribution in [1.29, 1.82) is 5.41 Å². The molecule has 0 spiro atoms. The molecule has 8 heteroatoms. The molecule has 0 aliphatic carbocycles. The average Bonchev–Trinajstić information content (AvgIpc) is 3.28. The van der Waals surface area contributed by atoms with Gasteiger partial charge in [0.1, 0.15) is 17.2 Å². The molecule has 1 aliphatic heterocycles. The first-order valence-corrected chi connectivity index (χ1v) is 8.37. The Morgan fingerprint density at radius 1 is 1.11 bits per heavy atom. The van der Waals surface area contributed by atoms with Crippen LogP contribution in [0.25, 0.3) is 0 Å². The van der Waals surface area contributed by atoms with Gasteiger partial charge in [-0.25, -0.2) is 4.79 Å². The summed E-state index contributed by atoms with van der Waals surface area (Å²) in [4.78, 5) is 26.7. The normalized spacial score (nSPS) is 16.0. The van der Waals surface area contributed by atoms with Gasteiger partial charge in [0.25, 0.3) is 5.56 Å². The van der Waals surface area contributed by atoms with Crippen LogP contribution in [-0.2, 0) is 20.6 Å². The molecule has 0 bridgehead atoms. The Morgan fingerprint density at radius 3 is 2.56 bits per heavy atom. The Balaban J connectivity index is 1.97. The van der Waals surface area contributed by atoms with Gasteiger partial charge in [0, 0.05) is 19.7 Å². The van der Waals surface area contributed by atoms with Crippen LogP contribution in [0.3, 0.4) is 0 Å². The summed E-state index contributed by atoms with van der Waals surface area (Å²) < 4.78 is 7.41. The van der Waals surface area contributed by atoms with E-state index in [0.29, 0.717) is 11.3 Å². The fourth-order valence-electron chi connectivity index (χ4n) is 3.55. The number of nitrogens with one attached hydrogen (secondary N) is 1. The lowest BCUT2D eigenvalue weighted by molar-refractivity contribution is 0.309. The number of hydrogen-bond donors (Lipinski definition) is 2. The monoisotopic (exact) mass is 366 g/mol. The maximum absolute atomic E-state index is 12.9. The molecule has 27 heavy (non-hydrogen) atoms. The Bertz CT molecular complexity index is 1160. The number of aromatic hydroxyl groups is 1. The number of benzene rings is 1. The van der Waals surface area contributed by atoms with Crippen molar-refractivity contribution >= 4 is 5.84 Å². The van der Waals surface area contributed by atoms with Gasteiger partial charge in [-0.05, 0) is 17.7 Å². The first-order valence-electron chi connectivity index (χ1n) is 8.37. The van der Waals surface area contributed by atoms with Crippen LogP contribution in [0.5, 0.6) is 5.88 Å². The van der Waals surface area contributed by atoms with Gasteiger partial charge in [0.2, 0.25) is 5.88 Å². The minimum absolute atomic E-state index is 0.0563. The van der Waals surface area contributed by atoms with Crippen molar-refractivity contribution in [2.24, 2.45) is 14.1 Å². The third-order valence-corrected chi connectivity index (χ3v) is 4.96. The van der Waals surface area contributed by atoms with Crippen LogP contribution in [0, 0.1) is 5.41 Å². The van der Waals surface area contributed by atoms with Crippen molar-refractivity contribution in [2.45, 2.75) is 12.6 Å². The lowest BCUT2D eigenvalue weighted by Crippen LogP contribution is -2.41. The van der Waals surface area contributed by atoms with Crippen molar-refractivity contribution in [3.05, 3.63) is 86.0 Å². The topological polar surface area (TPSA) is 104 Å².